The molecule has 0 radical (unpaired) electrons. The highest BCUT2D eigenvalue weighted by atomic mass is 15.1. The Hall–Kier alpha value is -2.13. The van der Waals surface area contributed by atoms with E-state index in [1.165, 1.54) is 5.52 Å². The van der Waals surface area contributed by atoms with Crippen molar-refractivity contribution in [3.63, 3.8) is 0 Å². The molecule has 2 aromatic carbocycles. The second-order valence-electron chi connectivity index (χ2n) is 5.72. The Balaban J connectivity index is 2.01. The molecule has 21 heavy (non-hydrogen) atoms. The van der Waals surface area contributed by atoms with Gasteiger partial charge in [0.2, 0.25) is 0 Å². The van der Waals surface area contributed by atoms with Gasteiger partial charge in [0.1, 0.15) is 5.82 Å². The molecule has 0 amide bonds. The van der Waals surface area contributed by atoms with Crippen molar-refractivity contribution in [3.05, 3.63) is 66.0 Å². The summed E-state index contributed by atoms with van der Waals surface area (Å²) < 4.78 is 2.25. The summed E-state index contributed by atoms with van der Waals surface area (Å²) in [5, 5.41) is 0. The van der Waals surface area contributed by atoms with Gasteiger partial charge in [0, 0.05) is 18.5 Å². The third kappa shape index (κ3) is 2.57. The fourth-order valence-corrected chi connectivity index (χ4v) is 2.86. The molecule has 2 N–H and O–H groups in total. The molecule has 1 aromatic heterocycles. The van der Waals surface area contributed by atoms with Crippen molar-refractivity contribution in [1.82, 2.24) is 9.55 Å². The molecule has 108 valence electrons. The normalized spacial score (nSPS) is 14.2. The quantitative estimate of drug-likeness (QED) is 0.794. The summed E-state index contributed by atoms with van der Waals surface area (Å²) in [6, 6.07) is 18.5. The number of aromatic nitrogens is 2. The lowest BCUT2D eigenvalue weighted by Gasteiger charge is -2.25. The summed E-state index contributed by atoms with van der Waals surface area (Å²) in [4.78, 5) is 4.78. The monoisotopic (exact) mass is 279 g/mol. The number of rotatable bonds is 4. The van der Waals surface area contributed by atoms with Crippen LogP contribution in [0.15, 0.2) is 54.6 Å². The summed E-state index contributed by atoms with van der Waals surface area (Å²) >= 11 is 0. The number of nitrogens with zero attached hydrogens (tertiary/aromatic N) is 2. The first-order valence-electron chi connectivity index (χ1n) is 7.40. The van der Waals surface area contributed by atoms with E-state index in [0.29, 0.717) is 0 Å². The van der Waals surface area contributed by atoms with Gasteiger partial charge in [-0.3, -0.25) is 0 Å². The van der Waals surface area contributed by atoms with Crippen LogP contribution in [0.3, 0.4) is 0 Å². The van der Waals surface area contributed by atoms with E-state index in [-0.39, 0.29) is 0 Å². The molecular weight excluding hydrogens is 258 g/mol. The van der Waals surface area contributed by atoms with E-state index < -0.39 is 5.54 Å². The van der Waals surface area contributed by atoms with Crippen LogP contribution in [0.5, 0.6) is 0 Å². The summed E-state index contributed by atoms with van der Waals surface area (Å²) in [5.74, 6) is 1.05. The van der Waals surface area contributed by atoms with Gasteiger partial charge in [0.15, 0.2) is 0 Å². The standard InChI is InChI=1S/C18H21N3/c1-3-21-16-12-8-7-11-15(16)20-17(21)13-18(2,19)14-9-5-4-6-10-14/h4-12H,3,13,19H2,1-2H3. The molecule has 1 atom stereocenters. The van der Waals surface area contributed by atoms with E-state index in [1.807, 2.05) is 24.3 Å². The maximum atomic E-state index is 6.56. The Morgan fingerprint density at radius 1 is 1.05 bits per heavy atom. The Bertz CT molecular complexity index is 742. The second-order valence-corrected chi connectivity index (χ2v) is 5.72. The molecule has 3 aromatic rings. The molecular formula is C18H21N3. The summed E-state index contributed by atoms with van der Waals surface area (Å²) in [6.07, 6.45) is 0.722. The topological polar surface area (TPSA) is 43.8 Å². The maximum Gasteiger partial charge on any atom is 0.112 e. The molecule has 0 aliphatic heterocycles. The van der Waals surface area contributed by atoms with Gasteiger partial charge in [0.05, 0.1) is 11.0 Å². The maximum absolute atomic E-state index is 6.56. The molecule has 3 rings (SSSR count). The van der Waals surface area contributed by atoms with Gasteiger partial charge >= 0.3 is 0 Å². The van der Waals surface area contributed by atoms with Crippen LogP contribution in [-0.4, -0.2) is 9.55 Å². The minimum Gasteiger partial charge on any atom is -0.328 e. The van der Waals surface area contributed by atoms with Crippen molar-refractivity contribution in [2.75, 3.05) is 0 Å². The summed E-state index contributed by atoms with van der Waals surface area (Å²) in [7, 11) is 0. The molecule has 0 aliphatic carbocycles. The van der Waals surface area contributed by atoms with Crippen LogP contribution in [0.1, 0.15) is 25.2 Å². The van der Waals surface area contributed by atoms with Crippen molar-refractivity contribution in [2.24, 2.45) is 5.73 Å². The molecule has 3 nitrogen and oxygen atoms in total. The third-order valence-electron chi connectivity index (χ3n) is 4.01. The molecule has 1 heterocycles. The molecule has 0 saturated carbocycles. The Kier molecular flexibility index (Phi) is 3.52. The van der Waals surface area contributed by atoms with Crippen molar-refractivity contribution < 1.29 is 0 Å². The van der Waals surface area contributed by atoms with Gasteiger partial charge in [-0.2, -0.15) is 0 Å². The smallest absolute Gasteiger partial charge is 0.112 e. The van der Waals surface area contributed by atoms with Crippen molar-refractivity contribution >= 4 is 11.0 Å². The van der Waals surface area contributed by atoms with E-state index in [4.69, 9.17) is 10.7 Å². The fraction of sp³-hybridized carbons (Fsp3) is 0.278. The van der Waals surface area contributed by atoms with Crippen LogP contribution in [-0.2, 0) is 18.5 Å². The molecule has 0 spiro atoms. The van der Waals surface area contributed by atoms with Gasteiger partial charge in [-0.05, 0) is 31.5 Å². The van der Waals surface area contributed by atoms with Gasteiger partial charge in [0.25, 0.3) is 0 Å². The van der Waals surface area contributed by atoms with E-state index >= 15 is 0 Å². The Morgan fingerprint density at radius 3 is 2.43 bits per heavy atom. The number of benzene rings is 2. The minimum absolute atomic E-state index is 0.421. The molecule has 0 fully saturated rings. The zero-order valence-corrected chi connectivity index (χ0v) is 12.6. The Morgan fingerprint density at radius 2 is 1.71 bits per heavy atom. The number of nitrogens with two attached hydrogens (primary N) is 1. The molecule has 0 bridgehead atoms. The van der Waals surface area contributed by atoms with Gasteiger partial charge in [-0.25, -0.2) is 4.98 Å². The van der Waals surface area contributed by atoms with Gasteiger partial charge in [-0.1, -0.05) is 42.5 Å². The fourth-order valence-electron chi connectivity index (χ4n) is 2.86. The largest absolute Gasteiger partial charge is 0.328 e. The van der Waals surface area contributed by atoms with E-state index in [9.17, 15) is 0 Å². The van der Waals surface area contributed by atoms with E-state index in [2.05, 4.69) is 48.7 Å². The highest BCUT2D eigenvalue weighted by Crippen LogP contribution is 2.24. The summed E-state index contributed by atoms with van der Waals surface area (Å²) in [5.41, 5.74) is 9.50. The number of hydrogen-bond acceptors (Lipinski definition) is 2. The summed E-state index contributed by atoms with van der Waals surface area (Å²) in [6.45, 7) is 5.12. The number of imidazole rings is 1. The van der Waals surface area contributed by atoms with E-state index in [1.54, 1.807) is 0 Å². The van der Waals surface area contributed by atoms with E-state index in [0.717, 1.165) is 29.9 Å². The lowest BCUT2D eigenvalue weighted by molar-refractivity contribution is 0.467. The first-order valence-corrected chi connectivity index (χ1v) is 7.40. The van der Waals surface area contributed by atoms with Crippen LogP contribution in [0.4, 0.5) is 0 Å². The molecule has 0 saturated heterocycles. The van der Waals surface area contributed by atoms with Crippen molar-refractivity contribution in [1.29, 1.82) is 0 Å². The third-order valence-corrected chi connectivity index (χ3v) is 4.01. The zero-order chi connectivity index (χ0) is 14.9. The highest BCUT2D eigenvalue weighted by molar-refractivity contribution is 5.75. The van der Waals surface area contributed by atoms with Gasteiger partial charge < -0.3 is 10.3 Å². The average Bonchev–Trinajstić information content (AvgIpc) is 2.84. The van der Waals surface area contributed by atoms with Crippen LogP contribution >= 0.6 is 0 Å². The zero-order valence-electron chi connectivity index (χ0n) is 12.6. The number of para-hydroxylation sites is 2. The SMILES string of the molecule is CCn1c(CC(C)(N)c2ccccc2)nc2ccccc21. The minimum atomic E-state index is -0.421. The van der Waals surface area contributed by atoms with Crippen LogP contribution in [0.2, 0.25) is 0 Å². The number of fused-ring (bicyclic) bond motifs is 1. The van der Waals surface area contributed by atoms with Gasteiger partial charge in [-0.15, -0.1) is 0 Å². The highest BCUT2D eigenvalue weighted by Gasteiger charge is 2.24. The predicted molar refractivity (Wildman–Crippen MR) is 87.1 cm³/mol. The molecule has 3 heteroatoms. The molecule has 0 aliphatic rings. The van der Waals surface area contributed by atoms with Crippen LogP contribution < -0.4 is 5.73 Å². The molecule has 1 unspecified atom stereocenters. The Labute approximate surface area is 125 Å². The number of hydrogen-bond donors (Lipinski definition) is 1. The average molecular weight is 279 g/mol. The lowest BCUT2D eigenvalue weighted by Crippen LogP contribution is -2.36. The van der Waals surface area contributed by atoms with Crippen LogP contribution in [0.25, 0.3) is 11.0 Å². The second kappa shape index (κ2) is 5.34. The number of aryl methyl sites for hydroxylation is 1. The lowest BCUT2D eigenvalue weighted by atomic mass is 9.89. The first kappa shape index (κ1) is 13.8. The van der Waals surface area contributed by atoms with Crippen molar-refractivity contribution in [2.45, 2.75) is 32.4 Å². The van der Waals surface area contributed by atoms with Crippen molar-refractivity contribution in [3.8, 4) is 0 Å². The van der Waals surface area contributed by atoms with Crippen LogP contribution in [0, 0.1) is 0 Å². The first-order chi connectivity index (χ1) is 10.1. The predicted octanol–water partition coefficient (Wildman–Crippen LogP) is 3.47.